The molecule has 0 bridgehead atoms. The van der Waals surface area contributed by atoms with E-state index in [0.29, 0.717) is 0 Å². The van der Waals surface area contributed by atoms with Crippen molar-refractivity contribution in [2.24, 2.45) is 0 Å². The monoisotopic (exact) mass is 711 g/mol. The van der Waals surface area contributed by atoms with Crippen molar-refractivity contribution in [3.8, 4) is 44.5 Å². The maximum atomic E-state index is 2.50. The SMILES string of the molecule is CC(C)(C)c1ccc(-c2ccccc2N(c2ccccc2-c2ccc(C(C)(C)C)cc2)c2ccccc2-c2cccc3cccc(-c4ccccc4)c23)cc1. The minimum atomic E-state index is 0.0710. The molecule has 0 amide bonds. The van der Waals surface area contributed by atoms with Crippen LogP contribution in [0.5, 0.6) is 0 Å². The molecule has 0 saturated heterocycles. The molecule has 0 aromatic heterocycles. The highest BCUT2D eigenvalue weighted by Crippen LogP contribution is 2.49. The lowest BCUT2D eigenvalue weighted by Gasteiger charge is -2.32. The highest BCUT2D eigenvalue weighted by molar-refractivity contribution is 6.09. The van der Waals surface area contributed by atoms with Gasteiger partial charge < -0.3 is 4.90 Å². The summed E-state index contributed by atoms with van der Waals surface area (Å²) in [6.45, 7) is 13.6. The van der Waals surface area contributed by atoms with Gasteiger partial charge in [-0.25, -0.2) is 0 Å². The molecule has 0 N–H and O–H groups in total. The Labute approximate surface area is 327 Å². The van der Waals surface area contributed by atoms with E-state index < -0.39 is 0 Å². The van der Waals surface area contributed by atoms with Crippen molar-refractivity contribution in [3.63, 3.8) is 0 Å². The van der Waals surface area contributed by atoms with E-state index in [1.807, 2.05) is 0 Å². The van der Waals surface area contributed by atoms with Crippen molar-refractivity contribution < 1.29 is 0 Å². The van der Waals surface area contributed by atoms with Crippen molar-refractivity contribution >= 4 is 27.8 Å². The van der Waals surface area contributed by atoms with Crippen LogP contribution in [0.2, 0.25) is 0 Å². The fourth-order valence-corrected chi connectivity index (χ4v) is 7.83. The molecular formula is C54H49N. The topological polar surface area (TPSA) is 3.24 Å². The molecule has 55 heavy (non-hydrogen) atoms. The van der Waals surface area contributed by atoms with Crippen molar-refractivity contribution in [2.75, 3.05) is 4.90 Å². The van der Waals surface area contributed by atoms with Gasteiger partial charge in [0.15, 0.2) is 0 Å². The summed E-state index contributed by atoms with van der Waals surface area (Å²) < 4.78 is 0. The first-order chi connectivity index (χ1) is 26.6. The molecule has 0 aliphatic heterocycles. The van der Waals surface area contributed by atoms with Crippen LogP contribution in [-0.4, -0.2) is 0 Å². The van der Waals surface area contributed by atoms with E-state index in [1.54, 1.807) is 0 Å². The van der Waals surface area contributed by atoms with Gasteiger partial charge in [-0.05, 0) is 78.7 Å². The normalized spacial score (nSPS) is 11.8. The number of anilines is 3. The van der Waals surface area contributed by atoms with E-state index in [2.05, 4.69) is 234 Å². The second kappa shape index (κ2) is 14.6. The van der Waals surface area contributed by atoms with E-state index in [0.717, 1.165) is 17.1 Å². The Balaban J connectivity index is 1.40. The molecule has 0 fully saturated rings. The van der Waals surface area contributed by atoms with E-state index in [4.69, 9.17) is 0 Å². The molecule has 1 heteroatoms. The minimum Gasteiger partial charge on any atom is -0.309 e. The standard InChI is InChI=1S/C54H49N/c1-53(2,3)42-34-30-39(31-35-42)44-22-10-13-27-49(44)55(50-28-14-11-23-45(50)40-32-36-43(37-33-40)54(4,5)6)51-29-15-12-24-47(51)48-26-17-21-41-20-16-25-46(52(41)48)38-18-8-7-9-19-38/h7-37H,1-6H3. The summed E-state index contributed by atoms with van der Waals surface area (Å²) in [5, 5.41) is 2.47. The highest BCUT2D eigenvalue weighted by Gasteiger charge is 2.25. The molecule has 0 radical (unpaired) electrons. The first kappa shape index (κ1) is 35.8. The first-order valence-electron chi connectivity index (χ1n) is 19.4. The zero-order valence-corrected chi connectivity index (χ0v) is 32.8. The summed E-state index contributed by atoms with van der Waals surface area (Å²) in [4.78, 5) is 2.50. The summed E-state index contributed by atoms with van der Waals surface area (Å²) in [7, 11) is 0. The number of hydrogen-bond acceptors (Lipinski definition) is 1. The van der Waals surface area contributed by atoms with Gasteiger partial charge in [0.25, 0.3) is 0 Å². The van der Waals surface area contributed by atoms with Crippen molar-refractivity contribution in [1.82, 2.24) is 0 Å². The molecule has 0 unspecified atom stereocenters. The number of hydrogen-bond donors (Lipinski definition) is 0. The maximum absolute atomic E-state index is 2.50. The largest absolute Gasteiger partial charge is 0.309 e. The van der Waals surface area contributed by atoms with Gasteiger partial charge in [0, 0.05) is 16.7 Å². The van der Waals surface area contributed by atoms with Gasteiger partial charge in [0.2, 0.25) is 0 Å². The number of benzene rings is 8. The predicted octanol–water partition coefficient (Wildman–Crippen LogP) is 15.6. The lowest BCUT2D eigenvalue weighted by Crippen LogP contribution is -2.14. The van der Waals surface area contributed by atoms with Crippen LogP contribution in [0.25, 0.3) is 55.3 Å². The zero-order chi connectivity index (χ0) is 38.2. The van der Waals surface area contributed by atoms with Crippen LogP contribution in [-0.2, 0) is 10.8 Å². The van der Waals surface area contributed by atoms with Crippen molar-refractivity contribution in [2.45, 2.75) is 52.4 Å². The molecule has 0 heterocycles. The molecule has 0 spiro atoms. The number of para-hydroxylation sites is 3. The first-order valence-corrected chi connectivity index (χ1v) is 19.4. The lowest BCUT2D eigenvalue weighted by atomic mass is 9.86. The molecule has 0 aliphatic carbocycles. The van der Waals surface area contributed by atoms with Crippen LogP contribution in [0.15, 0.2) is 188 Å². The predicted molar refractivity (Wildman–Crippen MR) is 238 cm³/mol. The summed E-state index contributed by atoms with van der Waals surface area (Å²) in [6.07, 6.45) is 0. The molecule has 8 aromatic carbocycles. The second-order valence-corrected chi connectivity index (χ2v) is 16.6. The van der Waals surface area contributed by atoms with Crippen LogP contribution >= 0.6 is 0 Å². The summed E-state index contributed by atoms with van der Waals surface area (Å²) in [6, 6.07) is 69.2. The van der Waals surface area contributed by atoms with Gasteiger partial charge in [-0.3, -0.25) is 0 Å². The Bertz CT molecular complexity index is 2470. The Morgan fingerprint density at radius 2 is 0.655 bits per heavy atom. The molecular weight excluding hydrogens is 663 g/mol. The van der Waals surface area contributed by atoms with Gasteiger partial charge in [-0.2, -0.15) is 0 Å². The smallest absolute Gasteiger partial charge is 0.0540 e. The molecule has 270 valence electrons. The van der Waals surface area contributed by atoms with Crippen LogP contribution in [0.3, 0.4) is 0 Å². The Morgan fingerprint density at radius 1 is 0.291 bits per heavy atom. The molecule has 1 nitrogen and oxygen atoms in total. The molecule has 8 aromatic rings. The van der Waals surface area contributed by atoms with Gasteiger partial charge in [0.05, 0.1) is 17.1 Å². The third-order valence-electron chi connectivity index (χ3n) is 10.8. The van der Waals surface area contributed by atoms with Gasteiger partial charge in [-0.15, -0.1) is 0 Å². The van der Waals surface area contributed by atoms with E-state index in [1.165, 1.54) is 66.4 Å². The lowest BCUT2D eigenvalue weighted by molar-refractivity contribution is 0.590. The third kappa shape index (κ3) is 7.11. The van der Waals surface area contributed by atoms with Gasteiger partial charge in [0.1, 0.15) is 0 Å². The fourth-order valence-electron chi connectivity index (χ4n) is 7.83. The summed E-state index contributed by atoms with van der Waals surface area (Å²) in [5.74, 6) is 0. The zero-order valence-electron chi connectivity index (χ0n) is 32.8. The Hall–Kier alpha value is -6.18. The number of fused-ring (bicyclic) bond motifs is 1. The van der Waals surface area contributed by atoms with Crippen molar-refractivity contribution in [3.05, 3.63) is 199 Å². The quantitative estimate of drug-likeness (QED) is 0.159. The summed E-state index contributed by atoms with van der Waals surface area (Å²) in [5.41, 5.74) is 15.7. The average Bonchev–Trinajstić information content (AvgIpc) is 3.21. The van der Waals surface area contributed by atoms with E-state index >= 15 is 0 Å². The van der Waals surface area contributed by atoms with Crippen LogP contribution in [0, 0.1) is 0 Å². The number of nitrogens with zero attached hydrogens (tertiary/aromatic N) is 1. The van der Waals surface area contributed by atoms with Crippen molar-refractivity contribution in [1.29, 1.82) is 0 Å². The molecule has 8 rings (SSSR count). The maximum Gasteiger partial charge on any atom is 0.0540 e. The Kier molecular flexibility index (Phi) is 9.49. The summed E-state index contributed by atoms with van der Waals surface area (Å²) >= 11 is 0. The number of rotatable bonds is 7. The minimum absolute atomic E-state index is 0.0710. The highest BCUT2D eigenvalue weighted by atomic mass is 15.1. The van der Waals surface area contributed by atoms with Crippen LogP contribution in [0.4, 0.5) is 17.1 Å². The Morgan fingerprint density at radius 3 is 1.13 bits per heavy atom. The van der Waals surface area contributed by atoms with E-state index in [9.17, 15) is 0 Å². The van der Waals surface area contributed by atoms with Crippen LogP contribution in [0.1, 0.15) is 52.7 Å². The molecule has 0 saturated carbocycles. The molecule has 0 atom stereocenters. The average molecular weight is 712 g/mol. The third-order valence-corrected chi connectivity index (χ3v) is 10.8. The fraction of sp³-hybridized carbons (Fsp3) is 0.148. The molecule has 0 aliphatic rings. The van der Waals surface area contributed by atoms with Gasteiger partial charge in [-0.1, -0.05) is 211 Å². The van der Waals surface area contributed by atoms with Crippen LogP contribution < -0.4 is 4.90 Å². The second-order valence-electron chi connectivity index (χ2n) is 16.6. The van der Waals surface area contributed by atoms with E-state index in [-0.39, 0.29) is 10.8 Å². The van der Waals surface area contributed by atoms with Gasteiger partial charge >= 0.3 is 0 Å².